The fraction of sp³-hybridized carbons (Fsp3) is 0.333. The first-order valence-corrected chi connectivity index (χ1v) is 5.63. The van der Waals surface area contributed by atoms with E-state index in [0.717, 1.165) is 34.5 Å². The average Bonchev–Trinajstić information content (AvgIpc) is 2.57. The first kappa shape index (κ1) is 9.25. The number of hydrogen-bond acceptors (Lipinski definition) is 1. The standard InChI is InChI=1S/C12H13ClN2/c13-9-2-3-10-8(6-9)7-11(15-10)12(14)4-1-5-12/h2-3,6-7,15H,1,4-5,14H2. The predicted molar refractivity (Wildman–Crippen MR) is 63.0 cm³/mol. The lowest BCUT2D eigenvalue weighted by Crippen LogP contribution is -2.43. The molecule has 0 aliphatic heterocycles. The molecule has 0 spiro atoms. The number of halogens is 1. The monoisotopic (exact) mass is 220 g/mol. The van der Waals surface area contributed by atoms with E-state index in [1.54, 1.807) is 0 Å². The molecule has 78 valence electrons. The highest BCUT2D eigenvalue weighted by Gasteiger charge is 2.35. The molecule has 15 heavy (non-hydrogen) atoms. The molecule has 1 aliphatic carbocycles. The SMILES string of the molecule is NC1(c2cc3cc(Cl)ccc3[nH]2)CCC1. The van der Waals surface area contributed by atoms with E-state index in [-0.39, 0.29) is 5.54 Å². The van der Waals surface area contributed by atoms with Crippen LogP contribution in [0.25, 0.3) is 10.9 Å². The smallest absolute Gasteiger partial charge is 0.0561 e. The van der Waals surface area contributed by atoms with Gasteiger partial charge in [-0.15, -0.1) is 0 Å². The Hall–Kier alpha value is -0.990. The van der Waals surface area contributed by atoms with E-state index in [9.17, 15) is 0 Å². The lowest BCUT2D eigenvalue weighted by Gasteiger charge is -2.37. The average molecular weight is 221 g/mol. The van der Waals surface area contributed by atoms with E-state index in [1.807, 2.05) is 18.2 Å². The Morgan fingerprint density at radius 2 is 2.07 bits per heavy atom. The summed E-state index contributed by atoms with van der Waals surface area (Å²) in [6.07, 6.45) is 3.38. The number of fused-ring (bicyclic) bond motifs is 1. The maximum absolute atomic E-state index is 6.26. The van der Waals surface area contributed by atoms with Crippen molar-refractivity contribution >= 4 is 22.5 Å². The van der Waals surface area contributed by atoms with Crippen LogP contribution < -0.4 is 5.73 Å². The summed E-state index contributed by atoms with van der Waals surface area (Å²) in [4.78, 5) is 3.38. The number of aromatic nitrogens is 1. The van der Waals surface area contributed by atoms with Crippen molar-refractivity contribution in [3.05, 3.63) is 35.0 Å². The van der Waals surface area contributed by atoms with Crippen LogP contribution in [0.2, 0.25) is 5.02 Å². The van der Waals surface area contributed by atoms with Crippen molar-refractivity contribution in [3.63, 3.8) is 0 Å². The molecule has 0 amide bonds. The highest BCUT2D eigenvalue weighted by molar-refractivity contribution is 6.31. The number of rotatable bonds is 1. The number of aromatic amines is 1. The Balaban J connectivity index is 2.14. The zero-order valence-corrected chi connectivity index (χ0v) is 9.14. The molecule has 0 bridgehead atoms. The van der Waals surface area contributed by atoms with Gasteiger partial charge in [0.2, 0.25) is 0 Å². The molecule has 1 aromatic heterocycles. The zero-order chi connectivity index (χ0) is 10.5. The summed E-state index contributed by atoms with van der Waals surface area (Å²) in [6.45, 7) is 0. The molecule has 1 fully saturated rings. The van der Waals surface area contributed by atoms with Gasteiger partial charge in [-0.3, -0.25) is 0 Å². The molecule has 1 heterocycles. The summed E-state index contributed by atoms with van der Waals surface area (Å²) in [5.74, 6) is 0. The van der Waals surface area contributed by atoms with E-state index in [1.165, 1.54) is 6.42 Å². The van der Waals surface area contributed by atoms with Gasteiger partial charge in [-0.2, -0.15) is 0 Å². The summed E-state index contributed by atoms with van der Waals surface area (Å²) in [5, 5.41) is 1.92. The maximum atomic E-state index is 6.26. The number of nitrogens with one attached hydrogen (secondary N) is 1. The Kier molecular flexibility index (Phi) is 1.85. The minimum absolute atomic E-state index is 0.120. The topological polar surface area (TPSA) is 41.8 Å². The maximum Gasteiger partial charge on any atom is 0.0561 e. The van der Waals surface area contributed by atoms with Crippen molar-refractivity contribution in [1.29, 1.82) is 0 Å². The fourth-order valence-corrected chi connectivity index (χ4v) is 2.38. The molecule has 3 heteroatoms. The molecule has 0 radical (unpaired) electrons. The van der Waals surface area contributed by atoms with Crippen molar-refractivity contribution < 1.29 is 0 Å². The van der Waals surface area contributed by atoms with Crippen LogP contribution in [0.4, 0.5) is 0 Å². The summed E-state index contributed by atoms with van der Waals surface area (Å²) >= 11 is 5.94. The van der Waals surface area contributed by atoms with E-state index in [4.69, 9.17) is 17.3 Å². The minimum atomic E-state index is -0.120. The van der Waals surface area contributed by atoms with Crippen molar-refractivity contribution in [2.45, 2.75) is 24.8 Å². The van der Waals surface area contributed by atoms with Gasteiger partial charge in [0.1, 0.15) is 0 Å². The number of hydrogen-bond donors (Lipinski definition) is 2. The van der Waals surface area contributed by atoms with Crippen LogP contribution in [0.15, 0.2) is 24.3 Å². The normalized spacial score (nSPS) is 19.1. The van der Waals surface area contributed by atoms with E-state index < -0.39 is 0 Å². The fourth-order valence-electron chi connectivity index (χ4n) is 2.20. The number of benzene rings is 1. The Bertz CT molecular complexity index is 511. The quantitative estimate of drug-likeness (QED) is 0.762. The molecule has 2 aromatic rings. The summed E-state index contributed by atoms with van der Waals surface area (Å²) in [7, 11) is 0. The molecule has 3 rings (SSSR count). The van der Waals surface area contributed by atoms with Crippen molar-refractivity contribution in [2.24, 2.45) is 5.73 Å². The lowest BCUT2D eigenvalue weighted by molar-refractivity contribution is 0.248. The van der Waals surface area contributed by atoms with Crippen LogP contribution in [0, 0.1) is 0 Å². The first-order valence-electron chi connectivity index (χ1n) is 5.25. The second-order valence-electron chi connectivity index (χ2n) is 4.42. The molecular formula is C12H13ClN2. The van der Waals surface area contributed by atoms with Crippen LogP contribution in [0.3, 0.4) is 0 Å². The molecule has 1 saturated carbocycles. The second kappa shape index (κ2) is 3.00. The van der Waals surface area contributed by atoms with E-state index in [2.05, 4.69) is 11.1 Å². The van der Waals surface area contributed by atoms with Gasteiger partial charge in [0, 0.05) is 21.6 Å². The molecule has 3 N–H and O–H groups in total. The van der Waals surface area contributed by atoms with Crippen LogP contribution in [-0.2, 0) is 5.54 Å². The Morgan fingerprint density at radius 1 is 1.27 bits per heavy atom. The van der Waals surface area contributed by atoms with Gasteiger partial charge in [-0.25, -0.2) is 0 Å². The molecule has 1 aliphatic rings. The molecule has 1 aromatic carbocycles. The largest absolute Gasteiger partial charge is 0.357 e. The molecule has 0 unspecified atom stereocenters. The summed E-state index contributed by atoms with van der Waals surface area (Å²) in [6, 6.07) is 8.00. The van der Waals surface area contributed by atoms with Crippen molar-refractivity contribution in [3.8, 4) is 0 Å². The van der Waals surface area contributed by atoms with Gasteiger partial charge in [-0.1, -0.05) is 11.6 Å². The zero-order valence-electron chi connectivity index (χ0n) is 8.39. The van der Waals surface area contributed by atoms with Crippen molar-refractivity contribution in [2.75, 3.05) is 0 Å². The number of nitrogens with two attached hydrogens (primary N) is 1. The highest BCUT2D eigenvalue weighted by Crippen LogP contribution is 2.39. The summed E-state index contributed by atoms with van der Waals surface area (Å²) < 4.78 is 0. The minimum Gasteiger partial charge on any atom is -0.357 e. The van der Waals surface area contributed by atoms with E-state index in [0.29, 0.717) is 0 Å². The Labute approximate surface area is 93.4 Å². The van der Waals surface area contributed by atoms with Gasteiger partial charge in [-0.05, 0) is 43.5 Å². The van der Waals surface area contributed by atoms with Gasteiger partial charge in [0.25, 0.3) is 0 Å². The molecule has 2 nitrogen and oxygen atoms in total. The van der Waals surface area contributed by atoms with Crippen LogP contribution in [0.1, 0.15) is 25.0 Å². The van der Waals surface area contributed by atoms with Crippen LogP contribution in [-0.4, -0.2) is 4.98 Å². The molecule has 0 saturated heterocycles. The third-order valence-corrected chi connectivity index (χ3v) is 3.60. The lowest BCUT2D eigenvalue weighted by atomic mass is 9.75. The third-order valence-electron chi connectivity index (χ3n) is 3.36. The highest BCUT2D eigenvalue weighted by atomic mass is 35.5. The molecular weight excluding hydrogens is 208 g/mol. The van der Waals surface area contributed by atoms with Gasteiger partial charge in [0.05, 0.1) is 5.54 Å². The van der Waals surface area contributed by atoms with Crippen LogP contribution in [0.5, 0.6) is 0 Å². The first-order chi connectivity index (χ1) is 7.17. The third kappa shape index (κ3) is 1.36. The van der Waals surface area contributed by atoms with Crippen LogP contribution >= 0.6 is 11.6 Å². The predicted octanol–water partition coefficient (Wildman–Crippen LogP) is 3.16. The molecule has 0 atom stereocenters. The van der Waals surface area contributed by atoms with Gasteiger partial charge < -0.3 is 10.7 Å². The number of H-pyrrole nitrogens is 1. The van der Waals surface area contributed by atoms with Crippen molar-refractivity contribution in [1.82, 2.24) is 4.98 Å². The van der Waals surface area contributed by atoms with E-state index >= 15 is 0 Å². The summed E-state index contributed by atoms with van der Waals surface area (Å²) in [5.41, 5.74) is 8.40. The second-order valence-corrected chi connectivity index (χ2v) is 4.86. The Morgan fingerprint density at radius 3 is 2.73 bits per heavy atom. The van der Waals surface area contributed by atoms with Gasteiger partial charge >= 0.3 is 0 Å². The van der Waals surface area contributed by atoms with Gasteiger partial charge in [0.15, 0.2) is 0 Å².